The summed E-state index contributed by atoms with van der Waals surface area (Å²) in [5, 5.41) is 0. The Bertz CT molecular complexity index is 391. The first-order valence-electron chi connectivity index (χ1n) is 8.70. The zero-order valence-corrected chi connectivity index (χ0v) is 16.2. The highest BCUT2D eigenvalue weighted by Crippen LogP contribution is 2.16. The van der Waals surface area contributed by atoms with Gasteiger partial charge in [0.05, 0.1) is 6.73 Å². The highest BCUT2D eigenvalue weighted by Gasteiger charge is 2.39. The Kier molecular flexibility index (Phi) is 10.4. The lowest BCUT2D eigenvalue weighted by Crippen LogP contribution is -2.49. The van der Waals surface area contributed by atoms with Crippen molar-refractivity contribution in [1.82, 2.24) is 4.90 Å². The summed E-state index contributed by atoms with van der Waals surface area (Å²) in [4.78, 5) is 2.37. The van der Waals surface area contributed by atoms with Crippen molar-refractivity contribution >= 4 is 8.80 Å². The second kappa shape index (κ2) is 11.8. The molecule has 1 aromatic carbocycles. The van der Waals surface area contributed by atoms with Gasteiger partial charge in [0.1, 0.15) is 0 Å². The molecule has 0 radical (unpaired) electrons. The van der Waals surface area contributed by atoms with Crippen LogP contribution in [0.2, 0.25) is 0 Å². The van der Waals surface area contributed by atoms with Gasteiger partial charge < -0.3 is 13.3 Å². The van der Waals surface area contributed by atoms with E-state index in [0.717, 1.165) is 13.1 Å². The number of hydrogen-bond donors (Lipinski definition) is 0. The first-order chi connectivity index (χ1) is 11.2. The maximum absolute atomic E-state index is 6.21. The highest BCUT2D eigenvalue weighted by molar-refractivity contribution is 6.60. The van der Waals surface area contributed by atoms with Crippen LogP contribution in [0, 0.1) is 0 Å². The maximum Gasteiger partial charge on any atom is 0.506 e. The van der Waals surface area contributed by atoms with Crippen LogP contribution in [0.25, 0.3) is 0 Å². The monoisotopic (exact) mass is 339 g/mol. The molecule has 0 aromatic heterocycles. The van der Waals surface area contributed by atoms with Crippen LogP contribution >= 0.6 is 0 Å². The first-order valence-corrected chi connectivity index (χ1v) is 10.6. The summed E-state index contributed by atoms with van der Waals surface area (Å²) in [6.45, 7) is 7.16. The summed E-state index contributed by atoms with van der Waals surface area (Å²) in [6, 6.07) is 11.0. The van der Waals surface area contributed by atoms with Crippen molar-refractivity contribution in [2.45, 2.75) is 45.6 Å². The van der Waals surface area contributed by atoms with Crippen molar-refractivity contribution < 1.29 is 13.3 Å². The van der Waals surface area contributed by atoms with Crippen molar-refractivity contribution in [3.05, 3.63) is 35.9 Å². The number of unbranched alkanes of at least 4 members (excludes halogenated alkanes) is 2. The molecule has 0 aliphatic heterocycles. The van der Waals surface area contributed by atoms with Crippen LogP contribution in [0.5, 0.6) is 0 Å². The Balaban J connectivity index is 2.64. The van der Waals surface area contributed by atoms with Gasteiger partial charge in [-0.3, -0.25) is 4.90 Å². The molecule has 0 aliphatic carbocycles. The molecule has 23 heavy (non-hydrogen) atoms. The average Bonchev–Trinajstić information content (AvgIpc) is 2.60. The zero-order chi connectivity index (χ0) is 17.0. The topological polar surface area (TPSA) is 30.9 Å². The van der Waals surface area contributed by atoms with E-state index in [1.807, 2.05) is 18.2 Å². The van der Waals surface area contributed by atoms with Gasteiger partial charge in [0, 0.05) is 33.4 Å². The van der Waals surface area contributed by atoms with Crippen LogP contribution in [0.1, 0.15) is 45.1 Å². The molecule has 0 saturated heterocycles. The molecule has 0 fully saturated rings. The molecular weight excluding hydrogens is 306 g/mol. The van der Waals surface area contributed by atoms with Gasteiger partial charge in [-0.25, -0.2) is 0 Å². The number of rotatable bonds is 13. The predicted molar refractivity (Wildman–Crippen MR) is 97.3 cm³/mol. The SMILES string of the molecule is CCCCN(CCCC)CO[Si](Cc1ccccc1)(OC)OC. The molecule has 4 nitrogen and oxygen atoms in total. The molecular formula is C18H33NO3Si. The van der Waals surface area contributed by atoms with Crippen LogP contribution in [0.4, 0.5) is 0 Å². The molecule has 132 valence electrons. The second-order valence-electron chi connectivity index (χ2n) is 5.85. The van der Waals surface area contributed by atoms with Gasteiger partial charge in [-0.05, 0) is 18.4 Å². The van der Waals surface area contributed by atoms with E-state index in [1.165, 1.54) is 31.2 Å². The number of nitrogens with zero attached hydrogens (tertiary/aromatic N) is 1. The third-order valence-electron chi connectivity index (χ3n) is 4.01. The minimum atomic E-state index is -2.67. The van der Waals surface area contributed by atoms with E-state index in [2.05, 4.69) is 30.9 Å². The van der Waals surface area contributed by atoms with E-state index in [9.17, 15) is 0 Å². The quantitative estimate of drug-likeness (QED) is 0.403. The molecule has 0 N–H and O–H groups in total. The van der Waals surface area contributed by atoms with E-state index in [1.54, 1.807) is 14.2 Å². The summed E-state index contributed by atoms with van der Waals surface area (Å²) in [5.41, 5.74) is 1.19. The maximum atomic E-state index is 6.21. The Labute approximate surface area is 143 Å². The van der Waals surface area contributed by atoms with Crippen LogP contribution < -0.4 is 0 Å². The summed E-state index contributed by atoms with van der Waals surface area (Å²) < 4.78 is 17.6. The fraction of sp³-hybridized carbons (Fsp3) is 0.667. The van der Waals surface area contributed by atoms with Gasteiger partial charge >= 0.3 is 8.80 Å². The van der Waals surface area contributed by atoms with E-state index in [4.69, 9.17) is 13.3 Å². The molecule has 0 amide bonds. The van der Waals surface area contributed by atoms with Crippen LogP contribution in [-0.4, -0.2) is 47.7 Å². The van der Waals surface area contributed by atoms with Crippen molar-refractivity contribution in [2.75, 3.05) is 34.0 Å². The zero-order valence-electron chi connectivity index (χ0n) is 15.2. The molecule has 0 atom stereocenters. The lowest BCUT2D eigenvalue weighted by Gasteiger charge is -2.30. The normalized spacial score (nSPS) is 12.0. The smallest absolute Gasteiger partial charge is 0.377 e. The number of benzene rings is 1. The molecule has 0 bridgehead atoms. The summed E-state index contributed by atoms with van der Waals surface area (Å²) >= 11 is 0. The van der Waals surface area contributed by atoms with Gasteiger partial charge in [-0.1, -0.05) is 57.0 Å². The standard InChI is InChI=1S/C18H33NO3Si/c1-5-7-14-19(15-8-6-2)17-22-23(20-3,21-4)16-18-12-10-9-11-13-18/h9-13H,5-8,14-17H2,1-4H3. The molecule has 5 heteroatoms. The summed E-state index contributed by atoms with van der Waals surface area (Å²) in [5.74, 6) is 0. The van der Waals surface area contributed by atoms with E-state index >= 15 is 0 Å². The predicted octanol–water partition coefficient (Wildman–Crippen LogP) is 3.88. The minimum Gasteiger partial charge on any atom is -0.377 e. The largest absolute Gasteiger partial charge is 0.506 e. The van der Waals surface area contributed by atoms with Gasteiger partial charge in [0.2, 0.25) is 0 Å². The summed E-state index contributed by atoms with van der Waals surface area (Å²) in [7, 11) is 0.724. The Morgan fingerprint density at radius 3 is 1.96 bits per heavy atom. The van der Waals surface area contributed by atoms with Crippen molar-refractivity contribution in [3.63, 3.8) is 0 Å². The van der Waals surface area contributed by atoms with Crippen molar-refractivity contribution in [3.8, 4) is 0 Å². The molecule has 0 spiro atoms. The summed E-state index contributed by atoms with van der Waals surface area (Å²) in [6.07, 6.45) is 4.79. The Morgan fingerprint density at radius 1 is 0.913 bits per heavy atom. The lowest BCUT2D eigenvalue weighted by atomic mass is 10.2. The molecule has 0 heterocycles. The van der Waals surface area contributed by atoms with Gasteiger partial charge in [-0.15, -0.1) is 0 Å². The lowest BCUT2D eigenvalue weighted by molar-refractivity contribution is 0.0351. The third-order valence-corrected chi connectivity index (χ3v) is 6.66. The average molecular weight is 340 g/mol. The molecule has 1 rings (SSSR count). The van der Waals surface area contributed by atoms with Gasteiger partial charge in [-0.2, -0.15) is 0 Å². The molecule has 0 saturated carbocycles. The molecule has 0 unspecified atom stereocenters. The fourth-order valence-electron chi connectivity index (χ4n) is 2.44. The van der Waals surface area contributed by atoms with Gasteiger partial charge in [0.15, 0.2) is 0 Å². The fourth-order valence-corrected chi connectivity index (χ4v) is 4.34. The number of hydrogen-bond acceptors (Lipinski definition) is 4. The van der Waals surface area contributed by atoms with Crippen LogP contribution in [0.15, 0.2) is 30.3 Å². The molecule has 0 aliphatic rings. The van der Waals surface area contributed by atoms with Crippen LogP contribution in [0.3, 0.4) is 0 Å². The minimum absolute atomic E-state index is 0.584. The Hall–Kier alpha value is -0.723. The Morgan fingerprint density at radius 2 is 1.48 bits per heavy atom. The van der Waals surface area contributed by atoms with Crippen molar-refractivity contribution in [2.24, 2.45) is 0 Å². The first kappa shape index (κ1) is 20.3. The highest BCUT2D eigenvalue weighted by atomic mass is 28.4. The molecule has 1 aromatic rings. The van der Waals surface area contributed by atoms with Crippen LogP contribution in [-0.2, 0) is 19.3 Å². The van der Waals surface area contributed by atoms with E-state index < -0.39 is 8.80 Å². The van der Waals surface area contributed by atoms with E-state index in [-0.39, 0.29) is 0 Å². The van der Waals surface area contributed by atoms with Gasteiger partial charge in [0.25, 0.3) is 0 Å². The van der Waals surface area contributed by atoms with E-state index in [0.29, 0.717) is 12.8 Å². The third kappa shape index (κ3) is 7.59. The van der Waals surface area contributed by atoms with Crippen molar-refractivity contribution in [1.29, 1.82) is 0 Å². The second-order valence-corrected chi connectivity index (χ2v) is 8.68.